The number of aryl methyl sites for hydroxylation is 1. The number of pyridine rings is 1. The Hall–Kier alpha value is -1.65. The number of hydrogen-bond donors (Lipinski definition) is 0. The summed E-state index contributed by atoms with van der Waals surface area (Å²) in [5.41, 5.74) is 1.22. The van der Waals surface area contributed by atoms with Crippen molar-refractivity contribution in [2.24, 2.45) is 0 Å². The van der Waals surface area contributed by atoms with Crippen LogP contribution in [-0.2, 0) is 0 Å². The summed E-state index contributed by atoms with van der Waals surface area (Å²) in [7, 11) is 5.57. The summed E-state index contributed by atoms with van der Waals surface area (Å²) < 4.78 is 5.18. The van der Waals surface area contributed by atoms with Gasteiger partial charge in [0, 0.05) is 13.1 Å². The molecule has 0 amide bonds. The monoisotopic (exact) mass is 201 g/mol. The summed E-state index contributed by atoms with van der Waals surface area (Å²) >= 11 is 0. The van der Waals surface area contributed by atoms with Gasteiger partial charge in [-0.25, -0.2) is 0 Å². The highest BCUT2D eigenvalue weighted by Crippen LogP contribution is 2.12. The average molecular weight is 201 g/mol. The molecule has 0 spiro atoms. The molecule has 2 aromatic rings. The van der Waals surface area contributed by atoms with Crippen molar-refractivity contribution in [1.82, 2.24) is 15.2 Å². The Morgan fingerprint density at radius 1 is 1.27 bits per heavy atom. The summed E-state index contributed by atoms with van der Waals surface area (Å²) in [6.45, 7) is 5.72. The minimum absolute atomic E-state index is 0.393. The number of hydrogen-bond acceptors (Lipinski definition) is 4. The molecule has 0 fully saturated rings. The van der Waals surface area contributed by atoms with Gasteiger partial charge in [-0.15, -0.1) is 10.2 Å². The predicted molar refractivity (Wildman–Crippen MR) is 59.0 cm³/mol. The van der Waals surface area contributed by atoms with Gasteiger partial charge in [0.25, 0.3) is 5.89 Å². The van der Waals surface area contributed by atoms with E-state index >= 15 is 0 Å². The van der Waals surface area contributed by atoms with Crippen molar-refractivity contribution in [2.75, 3.05) is 0 Å². The Morgan fingerprint density at radius 3 is 2.53 bits per heavy atom. The molecule has 0 atom stereocenters. The lowest BCUT2D eigenvalue weighted by atomic mass is 9.97. The van der Waals surface area contributed by atoms with Crippen LogP contribution in [0, 0.1) is 6.92 Å². The fraction of sp³-hybridized carbons (Fsp3) is 0.300. The van der Waals surface area contributed by atoms with Crippen molar-refractivity contribution in [1.29, 1.82) is 0 Å². The standard InChI is InChI=1S/C8H6BN3O.C2H6/c1-5-11-12-8(13-5)7-4-6(9)2-3-10-7;1-2/h2-4H,1H3;1-2H3. The Bertz CT molecular complexity index is 428. The van der Waals surface area contributed by atoms with Gasteiger partial charge in [-0.2, -0.15) is 0 Å². The van der Waals surface area contributed by atoms with Crippen molar-refractivity contribution >= 4 is 13.3 Å². The summed E-state index contributed by atoms with van der Waals surface area (Å²) in [6.07, 6.45) is 1.60. The van der Waals surface area contributed by atoms with Gasteiger partial charge in [0.15, 0.2) is 0 Å². The van der Waals surface area contributed by atoms with Crippen LogP contribution in [0.2, 0.25) is 0 Å². The highest BCUT2D eigenvalue weighted by atomic mass is 16.4. The van der Waals surface area contributed by atoms with E-state index in [1.165, 1.54) is 0 Å². The summed E-state index contributed by atoms with van der Waals surface area (Å²) in [6, 6.07) is 3.39. The fourth-order valence-electron chi connectivity index (χ4n) is 0.964. The Balaban J connectivity index is 0.000000531. The van der Waals surface area contributed by atoms with Gasteiger partial charge >= 0.3 is 0 Å². The van der Waals surface area contributed by atoms with Crippen LogP contribution in [0.5, 0.6) is 0 Å². The summed E-state index contributed by atoms with van der Waals surface area (Å²) in [4.78, 5) is 4.05. The van der Waals surface area contributed by atoms with Crippen LogP contribution in [-0.4, -0.2) is 23.0 Å². The lowest BCUT2D eigenvalue weighted by Gasteiger charge is -1.94. The minimum atomic E-state index is 0.393. The molecule has 0 aliphatic carbocycles. The van der Waals surface area contributed by atoms with Crippen molar-refractivity contribution in [2.45, 2.75) is 20.8 Å². The first-order valence-corrected chi connectivity index (χ1v) is 4.78. The van der Waals surface area contributed by atoms with Crippen molar-refractivity contribution < 1.29 is 4.42 Å². The van der Waals surface area contributed by atoms with E-state index in [9.17, 15) is 0 Å². The maximum absolute atomic E-state index is 5.57. The highest BCUT2D eigenvalue weighted by molar-refractivity contribution is 6.32. The molecule has 2 rings (SSSR count). The first-order chi connectivity index (χ1) is 7.25. The second kappa shape index (κ2) is 5.29. The largest absolute Gasteiger partial charge is 0.420 e. The van der Waals surface area contributed by atoms with Crippen molar-refractivity contribution in [3.8, 4) is 11.6 Å². The van der Waals surface area contributed by atoms with Gasteiger partial charge < -0.3 is 4.42 Å². The fourth-order valence-corrected chi connectivity index (χ4v) is 0.964. The molecule has 2 aromatic heterocycles. The van der Waals surface area contributed by atoms with Crippen LogP contribution in [0.25, 0.3) is 11.6 Å². The molecule has 0 N–H and O–H groups in total. The molecule has 0 unspecified atom stereocenters. The molecule has 0 aliphatic rings. The molecule has 0 bridgehead atoms. The van der Waals surface area contributed by atoms with E-state index in [1.807, 2.05) is 13.8 Å². The van der Waals surface area contributed by atoms with Gasteiger partial charge in [0.1, 0.15) is 13.5 Å². The van der Waals surface area contributed by atoms with E-state index in [-0.39, 0.29) is 0 Å². The van der Waals surface area contributed by atoms with Gasteiger partial charge in [-0.1, -0.05) is 25.4 Å². The minimum Gasteiger partial charge on any atom is -0.420 e. The molecular formula is C10H12BN3O. The molecule has 0 aromatic carbocycles. The Morgan fingerprint density at radius 2 is 2.00 bits per heavy atom. The number of nitrogens with zero attached hydrogens (tertiary/aromatic N) is 3. The second-order valence-corrected chi connectivity index (χ2v) is 2.60. The third kappa shape index (κ3) is 2.90. The first-order valence-electron chi connectivity index (χ1n) is 4.78. The van der Waals surface area contributed by atoms with Crippen LogP contribution in [0.3, 0.4) is 0 Å². The lowest BCUT2D eigenvalue weighted by molar-refractivity contribution is 0.531. The SMILES string of the molecule is CC.[B]c1ccnc(-c2nnc(C)o2)c1. The zero-order chi connectivity index (χ0) is 11.3. The summed E-state index contributed by atoms with van der Waals surface area (Å²) in [5.74, 6) is 0.907. The third-order valence-electron chi connectivity index (χ3n) is 1.53. The molecule has 4 nitrogen and oxygen atoms in total. The van der Waals surface area contributed by atoms with E-state index in [0.717, 1.165) is 0 Å². The smallest absolute Gasteiger partial charge is 0.266 e. The Labute approximate surface area is 90.2 Å². The molecule has 0 aliphatic heterocycles. The van der Waals surface area contributed by atoms with E-state index < -0.39 is 0 Å². The lowest BCUT2D eigenvalue weighted by Crippen LogP contribution is -2.02. The van der Waals surface area contributed by atoms with Gasteiger partial charge in [0.2, 0.25) is 5.89 Å². The highest BCUT2D eigenvalue weighted by Gasteiger charge is 2.05. The maximum Gasteiger partial charge on any atom is 0.266 e. The average Bonchev–Trinajstić information content (AvgIpc) is 2.68. The van der Waals surface area contributed by atoms with Gasteiger partial charge in [-0.3, -0.25) is 4.98 Å². The molecule has 76 valence electrons. The van der Waals surface area contributed by atoms with E-state index in [4.69, 9.17) is 12.3 Å². The second-order valence-electron chi connectivity index (χ2n) is 2.60. The van der Waals surface area contributed by atoms with Gasteiger partial charge in [0.05, 0.1) is 0 Å². The molecule has 0 saturated heterocycles. The molecule has 2 heterocycles. The zero-order valence-corrected chi connectivity index (χ0v) is 9.06. The Kier molecular flexibility index (Phi) is 4.03. The summed E-state index contributed by atoms with van der Waals surface area (Å²) in [5, 5.41) is 7.52. The molecule has 2 radical (unpaired) electrons. The van der Waals surface area contributed by atoms with Crippen molar-refractivity contribution in [3.05, 3.63) is 24.2 Å². The van der Waals surface area contributed by atoms with Gasteiger partial charge in [-0.05, 0) is 6.07 Å². The number of aromatic nitrogens is 3. The van der Waals surface area contributed by atoms with Crippen LogP contribution in [0.1, 0.15) is 19.7 Å². The molecule has 15 heavy (non-hydrogen) atoms. The third-order valence-corrected chi connectivity index (χ3v) is 1.53. The zero-order valence-electron chi connectivity index (χ0n) is 9.06. The topological polar surface area (TPSA) is 51.8 Å². The molecule has 0 saturated carbocycles. The predicted octanol–water partition coefficient (Wildman–Crippen LogP) is 1.26. The molecular weight excluding hydrogens is 189 g/mol. The van der Waals surface area contributed by atoms with Crippen LogP contribution in [0.15, 0.2) is 22.7 Å². The van der Waals surface area contributed by atoms with Crippen LogP contribution in [0.4, 0.5) is 0 Å². The maximum atomic E-state index is 5.57. The van der Waals surface area contributed by atoms with Crippen LogP contribution < -0.4 is 5.46 Å². The van der Waals surface area contributed by atoms with Crippen LogP contribution >= 0.6 is 0 Å². The van der Waals surface area contributed by atoms with E-state index in [0.29, 0.717) is 22.9 Å². The number of rotatable bonds is 1. The van der Waals surface area contributed by atoms with E-state index in [2.05, 4.69) is 15.2 Å². The van der Waals surface area contributed by atoms with E-state index in [1.54, 1.807) is 25.3 Å². The normalized spacial score (nSPS) is 9.27. The first kappa shape index (κ1) is 11.4. The molecule has 5 heteroatoms. The quantitative estimate of drug-likeness (QED) is 0.651. The van der Waals surface area contributed by atoms with Crippen molar-refractivity contribution in [3.63, 3.8) is 0 Å².